The van der Waals surface area contributed by atoms with Crippen molar-refractivity contribution in [1.29, 1.82) is 0 Å². The van der Waals surface area contributed by atoms with Crippen LogP contribution in [-0.2, 0) is 4.79 Å². The van der Waals surface area contributed by atoms with E-state index in [2.05, 4.69) is 26.5 Å². The van der Waals surface area contributed by atoms with Gasteiger partial charge in [0.2, 0.25) is 0 Å². The van der Waals surface area contributed by atoms with Crippen LogP contribution in [0.25, 0.3) is 0 Å². The lowest BCUT2D eigenvalue weighted by Crippen LogP contribution is -2.26. The fourth-order valence-corrected chi connectivity index (χ4v) is 2.18. The van der Waals surface area contributed by atoms with Crippen LogP contribution in [0, 0.1) is 5.82 Å². The van der Waals surface area contributed by atoms with Crippen molar-refractivity contribution in [3.63, 3.8) is 0 Å². The van der Waals surface area contributed by atoms with E-state index in [1.807, 2.05) is 0 Å². The standard InChI is InChI=1S/C17H16BrFN2O3/c1-2-15(14-9-12(19)5-8-16(14)22)20-21-17(23)10-24-13-6-3-11(18)4-7-13/h3-9,22H,2,10H2,1H3,(H,21,23)/b20-15+. The SMILES string of the molecule is CC/C(=N\NC(=O)COc1ccc(Br)cc1)c1cc(F)ccc1O. The number of nitrogens with one attached hydrogen (secondary N) is 1. The summed E-state index contributed by atoms with van der Waals surface area (Å²) in [5.41, 5.74) is 2.95. The van der Waals surface area contributed by atoms with Crippen molar-refractivity contribution >= 4 is 27.5 Å². The molecule has 0 radical (unpaired) electrons. The van der Waals surface area contributed by atoms with Crippen molar-refractivity contribution in [2.24, 2.45) is 5.10 Å². The van der Waals surface area contributed by atoms with Gasteiger partial charge in [0.05, 0.1) is 5.71 Å². The van der Waals surface area contributed by atoms with Crippen molar-refractivity contribution < 1.29 is 19.0 Å². The first-order valence-corrected chi connectivity index (χ1v) is 8.01. The minimum atomic E-state index is -0.492. The molecule has 0 spiro atoms. The summed E-state index contributed by atoms with van der Waals surface area (Å²) in [7, 11) is 0. The number of phenols is 1. The number of hydrazone groups is 1. The molecule has 0 saturated carbocycles. The van der Waals surface area contributed by atoms with Crippen LogP contribution in [0.2, 0.25) is 0 Å². The molecule has 0 aromatic heterocycles. The topological polar surface area (TPSA) is 70.9 Å². The van der Waals surface area contributed by atoms with E-state index < -0.39 is 11.7 Å². The molecule has 24 heavy (non-hydrogen) atoms. The highest BCUT2D eigenvalue weighted by atomic mass is 79.9. The highest BCUT2D eigenvalue weighted by Gasteiger charge is 2.10. The van der Waals surface area contributed by atoms with Gasteiger partial charge in [-0.15, -0.1) is 0 Å². The number of halogens is 2. The van der Waals surface area contributed by atoms with Crippen LogP contribution in [0.5, 0.6) is 11.5 Å². The number of hydrogen-bond acceptors (Lipinski definition) is 4. The molecule has 0 aliphatic carbocycles. The summed E-state index contributed by atoms with van der Waals surface area (Å²) in [6, 6.07) is 10.6. The second-order valence-corrected chi connectivity index (χ2v) is 5.77. The molecule has 0 saturated heterocycles. The van der Waals surface area contributed by atoms with Gasteiger partial charge in [0, 0.05) is 10.0 Å². The van der Waals surface area contributed by atoms with E-state index in [0.717, 1.165) is 10.5 Å². The molecule has 5 nitrogen and oxygen atoms in total. The monoisotopic (exact) mass is 394 g/mol. The molecule has 0 atom stereocenters. The minimum Gasteiger partial charge on any atom is -0.507 e. The zero-order chi connectivity index (χ0) is 17.5. The Labute approximate surface area is 147 Å². The minimum absolute atomic E-state index is 0.0997. The molecule has 0 aliphatic rings. The van der Waals surface area contributed by atoms with E-state index in [4.69, 9.17) is 4.74 Å². The zero-order valence-electron chi connectivity index (χ0n) is 12.9. The van der Waals surface area contributed by atoms with Gasteiger partial charge in [0.15, 0.2) is 6.61 Å². The van der Waals surface area contributed by atoms with Gasteiger partial charge >= 0.3 is 0 Å². The molecular weight excluding hydrogens is 379 g/mol. The number of ether oxygens (including phenoxy) is 1. The van der Waals surface area contributed by atoms with Crippen LogP contribution in [0.1, 0.15) is 18.9 Å². The van der Waals surface area contributed by atoms with Crippen molar-refractivity contribution in [2.75, 3.05) is 6.61 Å². The Morgan fingerprint density at radius 1 is 1.29 bits per heavy atom. The summed E-state index contributed by atoms with van der Waals surface area (Å²) < 4.78 is 19.5. The van der Waals surface area contributed by atoms with Crippen LogP contribution in [0.15, 0.2) is 52.0 Å². The molecule has 1 amide bonds. The molecular formula is C17H16BrFN2O3. The van der Waals surface area contributed by atoms with Gasteiger partial charge in [-0.3, -0.25) is 4.79 Å². The van der Waals surface area contributed by atoms with Crippen molar-refractivity contribution in [2.45, 2.75) is 13.3 Å². The number of carbonyl (C=O) groups excluding carboxylic acids is 1. The molecule has 2 rings (SSSR count). The third kappa shape index (κ3) is 5.06. The van der Waals surface area contributed by atoms with Gasteiger partial charge < -0.3 is 9.84 Å². The van der Waals surface area contributed by atoms with E-state index in [9.17, 15) is 14.3 Å². The molecule has 126 valence electrons. The molecule has 2 aromatic rings. The van der Waals surface area contributed by atoms with Gasteiger partial charge in [0.25, 0.3) is 5.91 Å². The fraction of sp³-hybridized carbons (Fsp3) is 0.176. The molecule has 2 aromatic carbocycles. The van der Waals surface area contributed by atoms with E-state index >= 15 is 0 Å². The molecule has 2 N–H and O–H groups in total. The molecule has 0 aliphatic heterocycles. The largest absolute Gasteiger partial charge is 0.507 e. The summed E-state index contributed by atoms with van der Waals surface area (Å²) in [5.74, 6) is -0.498. The lowest BCUT2D eigenvalue weighted by Gasteiger charge is -2.08. The van der Waals surface area contributed by atoms with Gasteiger partial charge in [-0.25, -0.2) is 9.82 Å². The highest BCUT2D eigenvalue weighted by molar-refractivity contribution is 9.10. The Kier molecular flexibility index (Phi) is 6.31. The van der Waals surface area contributed by atoms with Crippen LogP contribution in [0.3, 0.4) is 0 Å². The normalized spacial score (nSPS) is 11.2. The smallest absolute Gasteiger partial charge is 0.277 e. The number of amides is 1. The summed E-state index contributed by atoms with van der Waals surface area (Å²) in [6.07, 6.45) is 0.408. The number of nitrogens with zero attached hydrogens (tertiary/aromatic N) is 1. The maximum Gasteiger partial charge on any atom is 0.277 e. The second-order valence-electron chi connectivity index (χ2n) is 4.85. The number of rotatable bonds is 6. The molecule has 0 unspecified atom stereocenters. The Hall–Kier alpha value is -2.41. The second kappa shape index (κ2) is 8.44. The average molecular weight is 395 g/mol. The first kappa shape index (κ1) is 17.9. The predicted molar refractivity (Wildman–Crippen MR) is 92.7 cm³/mol. The van der Waals surface area contributed by atoms with E-state index in [-0.39, 0.29) is 17.9 Å². The highest BCUT2D eigenvalue weighted by Crippen LogP contribution is 2.20. The maximum atomic E-state index is 13.3. The molecule has 7 heteroatoms. The average Bonchev–Trinajstić information content (AvgIpc) is 2.58. The predicted octanol–water partition coefficient (Wildman–Crippen LogP) is 3.60. The zero-order valence-corrected chi connectivity index (χ0v) is 14.5. The molecule has 0 fully saturated rings. The summed E-state index contributed by atoms with van der Waals surface area (Å²) >= 11 is 3.31. The third-order valence-electron chi connectivity index (χ3n) is 3.10. The number of carbonyl (C=O) groups is 1. The number of aromatic hydroxyl groups is 1. The Morgan fingerprint density at radius 3 is 2.67 bits per heavy atom. The summed E-state index contributed by atoms with van der Waals surface area (Å²) in [4.78, 5) is 11.8. The Bertz CT molecular complexity index is 748. The van der Waals surface area contributed by atoms with E-state index in [1.54, 1.807) is 31.2 Å². The molecule has 0 heterocycles. The number of hydrogen-bond donors (Lipinski definition) is 2. The fourth-order valence-electron chi connectivity index (χ4n) is 1.91. The van der Waals surface area contributed by atoms with Crippen LogP contribution >= 0.6 is 15.9 Å². The first-order chi connectivity index (χ1) is 11.5. The maximum absolute atomic E-state index is 13.3. The number of benzene rings is 2. The summed E-state index contributed by atoms with van der Waals surface area (Å²) in [5, 5.41) is 13.7. The van der Waals surface area contributed by atoms with Crippen LogP contribution < -0.4 is 10.2 Å². The first-order valence-electron chi connectivity index (χ1n) is 7.22. The van der Waals surface area contributed by atoms with Gasteiger partial charge in [-0.1, -0.05) is 22.9 Å². The van der Waals surface area contributed by atoms with Gasteiger partial charge in [-0.2, -0.15) is 5.10 Å². The van der Waals surface area contributed by atoms with Crippen LogP contribution in [0.4, 0.5) is 4.39 Å². The molecule has 0 bridgehead atoms. The lowest BCUT2D eigenvalue weighted by molar-refractivity contribution is -0.123. The van der Waals surface area contributed by atoms with Crippen molar-refractivity contribution in [1.82, 2.24) is 5.43 Å². The number of phenolic OH excluding ortho intramolecular Hbond substituents is 1. The van der Waals surface area contributed by atoms with E-state index in [1.165, 1.54) is 12.1 Å². The Balaban J connectivity index is 1.98. The third-order valence-corrected chi connectivity index (χ3v) is 3.63. The summed E-state index contributed by atoms with van der Waals surface area (Å²) in [6.45, 7) is 1.57. The van der Waals surface area contributed by atoms with Crippen molar-refractivity contribution in [3.05, 3.63) is 58.3 Å². The van der Waals surface area contributed by atoms with Gasteiger partial charge in [-0.05, 0) is 48.9 Å². The van der Waals surface area contributed by atoms with Gasteiger partial charge in [0.1, 0.15) is 17.3 Å². The van der Waals surface area contributed by atoms with Crippen LogP contribution in [-0.4, -0.2) is 23.3 Å². The quantitative estimate of drug-likeness (QED) is 0.580. The lowest BCUT2D eigenvalue weighted by atomic mass is 10.1. The Morgan fingerprint density at radius 2 is 2.00 bits per heavy atom. The van der Waals surface area contributed by atoms with Crippen molar-refractivity contribution in [3.8, 4) is 11.5 Å². The van der Waals surface area contributed by atoms with E-state index in [0.29, 0.717) is 17.9 Å².